The Morgan fingerprint density at radius 2 is 1.94 bits per heavy atom. The Balaban J connectivity index is 2.52. The fourth-order valence-corrected chi connectivity index (χ4v) is 1.53. The minimum Gasteiger partial charge on any atom is -0.478 e. The maximum absolute atomic E-state index is 10.8. The lowest BCUT2D eigenvalue weighted by Gasteiger charge is -2.05. The van der Waals surface area contributed by atoms with Gasteiger partial charge in [0.2, 0.25) is 0 Å². The first-order valence-corrected chi connectivity index (χ1v) is 5.92. The van der Waals surface area contributed by atoms with Crippen molar-refractivity contribution < 1.29 is 9.90 Å². The first kappa shape index (κ1) is 13.3. The summed E-state index contributed by atoms with van der Waals surface area (Å²) in [5, 5.41) is 12.0. The Kier molecular flexibility index (Phi) is 5.27. The van der Waals surface area contributed by atoms with Crippen molar-refractivity contribution in [1.29, 1.82) is 0 Å². The van der Waals surface area contributed by atoms with Crippen LogP contribution < -0.4 is 5.32 Å². The first-order valence-electron chi connectivity index (χ1n) is 5.92. The molecule has 92 valence electrons. The summed E-state index contributed by atoms with van der Waals surface area (Å²) in [6.07, 6.45) is 3.29. The summed E-state index contributed by atoms with van der Waals surface area (Å²) in [6, 6.07) is 8.17. The predicted octanol–water partition coefficient (Wildman–Crippen LogP) is 3.08. The summed E-state index contributed by atoms with van der Waals surface area (Å²) in [5.41, 5.74) is 2.76. The molecular formula is C14H19NO2. The van der Waals surface area contributed by atoms with E-state index in [4.69, 9.17) is 5.11 Å². The van der Waals surface area contributed by atoms with Gasteiger partial charge in [0.05, 0.1) is 0 Å². The van der Waals surface area contributed by atoms with E-state index in [1.165, 1.54) is 5.56 Å². The monoisotopic (exact) mass is 233 g/mol. The molecular weight excluding hydrogens is 214 g/mol. The number of carboxylic acids is 1. The van der Waals surface area contributed by atoms with E-state index >= 15 is 0 Å². The van der Waals surface area contributed by atoms with Crippen LogP contribution >= 0.6 is 0 Å². The third kappa shape index (κ3) is 4.31. The van der Waals surface area contributed by atoms with Gasteiger partial charge in [0.25, 0.3) is 0 Å². The average Bonchev–Trinajstić information content (AvgIpc) is 2.35. The highest BCUT2D eigenvalue weighted by Gasteiger charge is 2.02. The summed E-state index contributed by atoms with van der Waals surface area (Å²) >= 11 is 0. The molecule has 0 amide bonds. The zero-order valence-corrected chi connectivity index (χ0v) is 10.4. The third-order valence-corrected chi connectivity index (χ3v) is 2.67. The maximum atomic E-state index is 10.8. The molecule has 0 aliphatic carbocycles. The second-order valence-corrected chi connectivity index (χ2v) is 3.82. The number of hydrogen-bond acceptors (Lipinski definition) is 2. The molecule has 3 heteroatoms. The molecule has 0 atom stereocenters. The smallest absolute Gasteiger partial charge is 0.331 e. The highest BCUT2D eigenvalue weighted by molar-refractivity contribution is 5.86. The minimum absolute atomic E-state index is 0.447. The van der Waals surface area contributed by atoms with Gasteiger partial charge >= 0.3 is 5.97 Å². The topological polar surface area (TPSA) is 49.3 Å². The molecule has 0 heterocycles. The van der Waals surface area contributed by atoms with Gasteiger partial charge in [0.15, 0.2) is 0 Å². The fourth-order valence-electron chi connectivity index (χ4n) is 1.53. The van der Waals surface area contributed by atoms with Crippen LogP contribution in [-0.2, 0) is 11.2 Å². The van der Waals surface area contributed by atoms with Gasteiger partial charge in [0.1, 0.15) is 0 Å². The lowest BCUT2D eigenvalue weighted by atomic mass is 10.1. The van der Waals surface area contributed by atoms with E-state index in [2.05, 4.69) is 24.4 Å². The van der Waals surface area contributed by atoms with E-state index in [1.807, 2.05) is 19.1 Å². The zero-order chi connectivity index (χ0) is 12.7. The summed E-state index contributed by atoms with van der Waals surface area (Å²) < 4.78 is 0. The van der Waals surface area contributed by atoms with Crippen LogP contribution in [0.4, 0.5) is 5.69 Å². The number of aryl methyl sites for hydroxylation is 1. The number of nitrogens with one attached hydrogen (secondary N) is 1. The van der Waals surface area contributed by atoms with Crippen LogP contribution in [0.15, 0.2) is 35.9 Å². The molecule has 17 heavy (non-hydrogen) atoms. The number of hydrogen-bond donors (Lipinski definition) is 2. The Bertz CT molecular complexity index is 393. The highest BCUT2D eigenvalue weighted by Crippen LogP contribution is 2.10. The van der Waals surface area contributed by atoms with E-state index in [9.17, 15) is 4.79 Å². The Morgan fingerprint density at radius 1 is 1.29 bits per heavy atom. The number of aliphatic carboxylic acids is 1. The van der Waals surface area contributed by atoms with Gasteiger partial charge in [-0.15, -0.1) is 0 Å². The largest absolute Gasteiger partial charge is 0.478 e. The standard InChI is InChI=1S/C14H19NO2/c1-3-11-5-7-13(8-6-11)15-10-9-12(4-2)14(16)17/h5-9,15H,3-4,10H2,1-2H3,(H,16,17)/b12-9-. The molecule has 0 saturated carbocycles. The molecule has 2 N–H and O–H groups in total. The van der Waals surface area contributed by atoms with Crippen molar-refractivity contribution in [3.63, 3.8) is 0 Å². The third-order valence-electron chi connectivity index (χ3n) is 2.67. The van der Waals surface area contributed by atoms with E-state index in [0.29, 0.717) is 18.5 Å². The first-order chi connectivity index (χ1) is 8.17. The van der Waals surface area contributed by atoms with Gasteiger partial charge in [-0.1, -0.05) is 32.1 Å². The molecule has 1 aromatic carbocycles. The van der Waals surface area contributed by atoms with Crippen molar-refractivity contribution in [3.8, 4) is 0 Å². The summed E-state index contributed by atoms with van der Waals surface area (Å²) in [5.74, 6) is -0.837. The van der Waals surface area contributed by atoms with Crippen LogP contribution in [0.3, 0.4) is 0 Å². The van der Waals surface area contributed by atoms with Crippen molar-refractivity contribution in [2.24, 2.45) is 0 Å². The molecule has 0 bridgehead atoms. The van der Waals surface area contributed by atoms with Crippen LogP contribution in [0.5, 0.6) is 0 Å². The number of rotatable bonds is 6. The summed E-state index contributed by atoms with van der Waals surface area (Å²) in [7, 11) is 0. The van der Waals surface area contributed by atoms with E-state index in [1.54, 1.807) is 6.08 Å². The fraction of sp³-hybridized carbons (Fsp3) is 0.357. The van der Waals surface area contributed by atoms with Crippen molar-refractivity contribution in [2.75, 3.05) is 11.9 Å². The molecule has 1 aromatic rings. The van der Waals surface area contributed by atoms with Gasteiger partial charge in [-0.2, -0.15) is 0 Å². The van der Waals surface area contributed by atoms with Crippen molar-refractivity contribution >= 4 is 11.7 Å². The molecule has 1 rings (SSSR count). The second kappa shape index (κ2) is 6.74. The van der Waals surface area contributed by atoms with Crippen molar-refractivity contribution in [3.05, 3.63) is 41.5 Å². The zero-order valence-electron chi connectivity index (χ0n) is 10.4. The van der Waals surface area contributed by atoms with Gasteiger partial charge in [0, 0.05) is 17.8 Å². The molecule has 0 aromatic heterocycles. The van der Waals surface area contributed by atoms with E-state index < -0.39 is 5.97 Å². The lowest BCUT2D eigenvalue weighted by molar-refractivity contribution is -0.132. The summed E-state index contributed by atoms with van der Waals surface area (Å²) in [4.78, 5) is 10.8. The van der Waals surface area contributed by atoms with E-state index in [0.717, 1.165) is 12.1 Å². The predicted molar refractivity (Wildman–Crippen MR) is 70.3 cm³/mol. The minimum atomic E-state index is -0.837. The Labute approximate surface area is 102 Å². The molecule has 0 spiro atoms. The second-order valence-electron chi connectivity index (χ2n) is 3.82. The molecule has 0 radical (unpaired) electrons. The number of carbonyl (C=O) groups is 1. The van der Waals surface area contributed by atoms with Gasteiger partial charge < -0.3 is 10.4 Å². The molecule has 0 aliphatic rings. The number of carboxylic acid groups (broad SMARTS) is 1. The SMILES string of the molecule is CC/C(=C/CNc1ccc(CC)cc1)C(=O)O. The Morgan fingerprint density at radius 3 is 2.41 bits per heavy atom. The maximum Gasteiger partial charge on any atom is 0.331 e. The van der Waals surface area contributed by atoms with Crippen LogP contribution in [-0.4, -0.2) is 17.6 Å². The average molecular weight is 233 g/mol. The lowest BCUT2D eigenvalue weighted by Crippen LogP contribution is -2.04. The number of benzene rings is 1. The van der Waals surface area contributed by atoms with Crippen LogP contribution in [0.1, 0.15) is 25.8 Å². The van der Waals surface area contributed by atoms with E-state index in [-0.39, 0.29) is 0 Å². The van der Waals surface area contributed by atoms with Crippen molar-refractivity contribution in [1.82, 2.24) is 0 Å². The molecule has 3 nitrogen and oxygen atoms in total. The molecule has 0 fully saturated rings. The quantitative estimate of drug-likeness (QED) is 0.742. The van der Waals surface area contributed by atoms with Crippen LogP contribution in [0, 0.1) is 0 Å². The molecule has 0 unspecified atom stereocenters. The van der Waals surface area contributed by atoms with Crippen LogP contribution in [0.2, 0.25) is 0 Å². The van der Waals surface area contributed by atoms with Crippen LogP contribution in [0.25, 0.3) is 0 Å². The highest BCUT2D eigenvalue weighted by atomic mass is 16.4. The molecule has 0 aliphatic heterocycles. The van der Waals surface area contributed by atoms with Gasteiger partial charge in [-0.25, -0.2) is 4.79 Å². The van der Waals surface area contributed by atoms with Crippen molar-refractivity contribution in [2.45, 2.75) is 26.7 Å². The summed E-state index contributed by atoms with van der Waals surface area (Å²) in [6.45, 7) is 4.50. The van der Waals surface area contributed by atoms with Gasteiger partial charge in [-0.05, 0) is 30.5 Å². The normalized spacial score (nSPS) is 11.3. The Hall–Kier alpha value is -1.77. The molecule has 0 saturated heterocycles. The number of anilines is 1. The van der Waals surface area contributed by atoms with Gasteiger partial charge in [-0.3, -0.25) is 0 Å².